The number of nitrogens with one attached hydrogen (secondary N) is 1. The SMILES string of the molecule is Cc1ccc(-n2nnnc2-c2cc(-c3cnn(C4CCCNCC4)c3)cnc2N)c(F)c1F. The maximum absolute atomic E-state index is 14.6. The summed E-state index contributed by atoms with van der Waals surface area (Å²) in [5.41, 5.74) is 8.24. The molecule has 1 aliphatic rings. The molecule has 0 amide bonds. The van der Waals surface area contributed by atoms with E-state index >= 15 is 0 Å². The molecule has 1 atom stereocenters. The van der Waals surface area contributed by atoms with E-state index in [1.165, 1.54) is 19.1 Å². The van der Waals surface area contributed by atoms with Crippen molar-refractivity contribution in [1.29, 1.82) is 0 Å². The van der Waals surface area contributed by atoms with E-state index in [-0.39, 0.29) is 22.9 Å². The molecule has 5 rings (SSSR count). The molecule has 4 heterocycles. The van der Waals surface area contributed by atoms with E-state index in [0.29, 0.717) is 11.6 Å². The van der Waals surface area contributed by atoms with Crippen molar-refractivity contribution in [1.82, 2.24) is 40.3 Å². The zero-order chi connectivity index (χ0) is 22.9. The minimum atomic E-state index is -1.04. The third kappa shape index (κ3) is 3.95. The molecule has 33 heavy (non-hydrogen) atoms. The van der Waals surface area contributed by atoms with Crippen LogP contribution in [0.25, 0.3) is 28.2 Å². The molecule has 4 aromatic rings. The summed E-state index contributed by atoms with van der Waals surface area (Å²) in [6, 6.07) is 5.01. The van der Waals surface area contributed by atoms with E-state index < -0.39 is 11.6 Å². The summed E-state index contributed by atoms with van der Waals surface area (Å²) in [6.45, 7) is 3.47. The van der Waals surface area contributed by atoms with Crippen LogP contribution in [0.15, 0.2) is 36.8 Å². The summed E-state index contributed by atoms with van der Waals surface area (Å²) < 4.78 is 31.9. The van der Waals surface area contributed by atoms with E-state index in [1.807, 2.05) is 10.9 Å². The van der Waals surface area contributed by atoms with Gasteiger partial charge in [0.1, 0.15) is 11.5 Å². The van der Waals surface area contributed by atoms with Gasteiger partial charge < -0.3 is 11.1 Å². The first-order chi connectivity index (χ1) is 16.0. The molecular weight excluding hydrogens is 428 g/mol. The number of hydrogen-bond donors (Lipinski definition) is 2. The number of benzene rings is 1. The summed E-state index contributed by atoms with van der Waals surface area (Å²) in [6.07, 6.45) is 8.60. The van der Waals surface area contributed by atoms with Crippen LogP contribution in [0.2, 0.25) is 0 Å². The minimum Gasteiger partial charge on any atom is -0.383 e. The lowest BCUT2D eigenvalue weighted by Crippen LogP contribution is -2.15. The third-order valence-corrected chi connectivity index (χ3v) is 5.97. The van der Waals surface area contributed by atoms with E-state index in [0.717, 1.165) is 48.2 Å². The van der Waals surface area contributed by atoms with Crippen molar-refractivity contribution >= 4 is 5.82 Å². The number of aryl methyl sites for hydroxylation is 1. The van der Waals surface area contributed by atoms with Gasteiger partial charge in [0.05, 0.1) is 17.8 Å². The summed E-state index contributed by atoms with van der Waals surface area (Å²) in [5, 5.41) is 19.5. The third-order valence-electron chi connectivity index (χ3n) is 5.97. The van der Waals surface area contributed by atoms with Gasteiger partial charge >= 0.3 is 0 Å². The lowest BCUT2D eigenvalue weighted by atomic mass is 10.1. The topological polar surface area (TPSA) is 112 Å². The van der Waals surface area contributed by atoms with Crippen LogP contribution in [0.5, 0.6) is 0 Å². The molecule has 170 valence electrons. The maximum atomic E-state index is 14.6. The molecule has 3 aromatic heterocycles. The highest BCUT2D eigenvalue weighted by atomic mass is 19.2. The number of rotatable bonds is 4. The van der Waals surface area contributed by atoms with Crippen molar-refractivity contribution in [2.75, 3.05) is 18.8 Å². The molecule has 0 radical (unpaired) electrons. The highest BCUT2D eigenvalue weighted by molar-refractivity contribution is 5.76. The average molecular weight is 451 g/mol. The van der Waals surface area contributed by atoms with Crippen molar-refractivity contribution in [3.05, 3.63) is 54.0 Å². The minimum absolute atomic E-state index is 0.113. The molecule has 1 aromatic carbocycles. The van der Waals surface area contributed by atoms with Crippen molar-refractivity contribution in [2.45, 2.75) is 32.2 Å². The normalized spacial score (nSPS) is 16.6. The molecule has 0 saturated carbocycles. The largest absolute Gasteiger partial charge is 0.383 e. The summed E-state index contributed by atoms with van der Waals surface area (Å²) in [4.78, 5) is 4.29. The standard InChI is InChI=1S/C22H23F2N9/c1-13-4-5-18(20(24)19(13)23)33-22(29-30-31-33)17-9-14(10-27-21(17)25)15-11-28-32(12-15)16-3-2-7-26-8-6-16/h4-5,9-12,16,26H,2-3,6-8H2,1H3,(H2,25,27). The van der Waals surface area contributed by atoms with Crippen LogP contribution < -0.4 is 11.1 Å². The Morgan fingerprint density at radius 1 is 1.09 bits per heavy atom. The molecule has 0 bridgehead atoms. The van der Waals surface area contributed by atoms with Gasteiger partial charge in [0.25, 0.3) is 0 Å². The predicted octanol–water partition coefficient (Wildman–Crippen LogP) is 3.07. The van der Waals surface area contributed by atoms with Gasteiger partial charge in [-0.05, 0) is 67.4 Å². The Morgan fingerprint density at radius 3 is 2.85 bits per heavy atom. The number of anilines is 1. The van der Waals surface area contributed by atoms with Crippen LogP contribution >= 0.6 is 0 Å². The van der Waals surface area contributed by atoms with Crippen LogP contribution in [0.4, 0.5) is 14.6 Å². The number of nitrogens with zero attached hydrogens (tertiary/aromatic N) is 7. The number of halogens is 2. The first-order valence-corrected chi connectivity index (χ1v) is 10.8. The number of hydrogen-bond acceptors (Lipinski definition) is 7. The highest BCUT2D eigenvalue weighted by Gasteiger charge is 2.21. The molecule has 1 saturated heterocycles. The van der Waals surface area contributed by atoms with Gasteiger partial charge in [-0.3, -0.25) is 4.68 Å². The van der Waals surface area contributed by atoms with Crippen molar-refractivity contribution in [3.8, 4) is 28.2 Å². The summed E-state index contributed by atoms with van der Waals surface area (Å²) in [5.74, 6) is -1.66. The van der Waals surface area contributed by atoms with E-state index in [2.05, 4.69) is 30.9 Å². The number of nitrogen functional groups attached to an aromatic ring is 1. The Bertz CT molecular complexity index is 1290. The number of pyridine rings is 1. The van der Waals surface area contributed by atoms with Crippen LogP contribution in [0.1, 0.15) is 30.9 Å². The maximum Gasteiger partial charge on any atom is 0.190 e. The van der Waals surface area contributed by atoms with Gasteiger partial charge in [-0.25, -0.2) is 13.8 Å². The second-order valence-corrected chi connectivity index (χ2v) is 8.14. The molecule has 1 unspecified atom stereocenters. The lowest BCUT2D eigenvalue weighted by Gasteiger charge is -2.13. The van der Waals surface area contributed by atoms with Gasteiger partial charge in [0, 0.05) is 23.5 Å². The second-order valence-electron chi connectivity index (χ2n) is 8.14. The Labute approximate surface area is 188 Å². The molecule has 3 N–H and O–H groups in total. The predicted molar refractivity (Wildman–Crippen MR) is 118 cm³/mol. The zero-order valence-corrected chi connectivity index (χ0v) is 18.0. The van der Waals surface area contributed by atoms with Gasteiger partial charge in [-0.1, -0.05) is 6.07 Å². The van der Waals surface area contributed by atoms with Gasteiger partial charge in [-0.2, -0.15) is 9.78 Å². The van der Waals surface area contributed by atoms with Crippen LogP contribution in [0, 0.1) is 18.6 Å². The monoisotopic (exact) mass is 451 g/mol. The van der Waals surface area contributed by atoms with E-state index in [9.17, 15) is 8.78 Å². The molecular formula is C22H23F2N9. The average Bonchev–Trinajstić information content (AvgIpc) is 3.42. The molecule has 1 aliphatic heterocycles. The van der Waals surface area contributed by atoms with Crippen molar-refractivity contribution < 1.29 is 8.78 Å². The fourth-order valence-corrected chi connectivity index (χ4v) is 4.08. The lowest BCUT2D eigenvalue weighted by molar-refractivity contribution is 0.414. The van der Waals surface area contributed by atoms with Crippen LogP contribution in [-0.4, -0.2) is 48.1 Å². The highest BCUT2D eigenvalue weighted by Crippen LogP contribution is 2.31. The Morgan fingerprint density at radius 2 is 1.97 bits per heavy atom. The quantitative estimate of drug-likeness (QED) is 0.490. The van der Waals surface area contributed by atoms with Gasteiger partial charge in [0.2, 0.25) is 0 Å². The fraction of sp³-hybridized carbons (Fsp3) is 0.318. The second kappa shape index (κ2) is 8.66. The first-order valence-electron chi connectivity index (χ1n) is 10.8. The smallest absolute Gasteiger partial charge is 0.190 e. The Balaban J connectivity index is 1.52. The first kappa shape index (κ1) is 21.1. The summed E-state index contributed by atoms with van der Waals surface area (Å²) >= 11 is 0. The van der Waals surface area contributed by atoms with Crippen LogP contribution in [0.3, 0.4) is 0 Å². The molecule has 0 spiro atoms. The van der Waals surface area contributed by atoms with Crippen molar-refractivity contribution in [3.63, 3.8) is 0 Å². The molecule has 11 heteroatoms. The van der Waals surface area contributed by atoms with E-state index in [4.69, 9.17) is 5.73 Å². The van der Waals surface area contributed by atoms with Crippen molar-refractivity contribution in [2.24, 2.45) is 0 Å². The van der Waals surface area contributed by atoms with Gasteiger partial charge in [0.15, 0.2) is 17.5 Å². The number of nitrogens with two attached hydrogens (primary N) is 1. The van der Waals surface area contributed by atoms with Gasteiger partial charge in [-0.15, -0.1) is 5.10 Å². The number of tetrazole rings is 1. The Hall–Kier alpha value is -3.73. The Kier molecular flexibility index (Phi) is 5.55. The van der Waals surface area contributed by atoms with Crippen LogP contribution in [-0.2, 0) is 0 Å². The zero-order valence-electron chi connectivity index (χ0n) is 18.0. The number of aromatic nitrogens is 7. The summed E-state index contributed by atoms with van der Waals surface area (Å²) in [7, 11) is 0. The molecule has 1 fully saturated rings. The molecule has 0 aliphatic carbocycles. The molecule has 9 nitrogen and oxygen atoms in total. The van der Waals surface area contributed by atoms with E-state index in [1.54, 1.807) is 18.5 Å². The fourth-order valence-electron chi connectivity index (χ4n) is 4.08.